The Morgan fingerprint density at radius 3 is 2.52 bits per heavy atom. The Balaban J connectivity index is 0.000000748. The maximum Gasteiger partial charge on any atom is 0.332 e. The molecule has 0 radical (unpaired) electrons. The molecule has 1 saturated heterocycles. The molecule has 1 unspecified atom stereocenters. The van der Waals surface area contributed by atoms with Crippen molar-refractivity contribution in [2.24, 2.45) is 0 Å². The second kappa shape index (κ2) is 13.9. The van der Waals surface area contributed by atoms with E-state index in [0.717, 1.165) is 4.57 Å². The summed E-state index contributed by atoms with van der Waals surface area (Å²) in [5.41, 5.74) is 0.157. The molecule has 1 aliphatic heterocycles. The molecular formula is C28H35FN6O6S. The van der Waals surface area contributed by atoms with E-state index in [1.165, 1.54) is 52.3 Å². The highest BCUT2D eigenvalue weighted by molar-refractivity contribution is 7.21. The van der Waals surface area contributed by atoms with Gasteiger partial charge in [-0.05, 0) is 56.9 Å². The van der Waals surface area contributed by atoms with Crippen LogP contribution in [0, 0.1) is 12.7 Å². The second-order valence-electron chi connectivity index (χ2n) is 9.64. The van der Waals surface area contributed by atoms with Crippen molar-refractivity contribution < 1.29 is 23.8 Å². The van der Waals surface area contributed by atoms with E-state index in [-0.39, 0.29) is 25.5 Å². The zero-order valence-corrected chi connectivity index (χ0v) is 24.9. The maximum absolute atomic E-state index is 14.0. The van der Waals surface area contributed by atoms with Gasteiger partial charge in [0.05, 0.1) is 38.1 Å². The fourth-order valence-corrected chi connectivity index (χ4v) is 6.31. The molecule has 1 aliphatic rings. The molecule has 1 fully saturated rings. The predicted molar refractivity (Wildman–Crippen MR) is 156 cm³/mol. The number of ether oxygens (including phenoxy) is 2. The summed E-state index contributed by atoms with van der Waals surface area (Å²) in [7, 11) is 3.05. The van der Waals surface area contributed by atoms with Crippen LogP contribution in [-0.4, -0.2) is 80.6 Å². The first-order valence-corrected chi connectivity index (χ1v) is 14.4. The largest absolute Gasteiger partial charge is 0.496 e. The Kier molecular flexibility index (Phi) is 10.2. The number of rotatable bonds is 9. The average Bonchev–Trinajstić information content (AvgIpc) is 3.63. The summed E-state index contributed by atoms with van der Waals surface area (Å²) in [4.78, 5) is 44.5. The minimum absolute atomic E-state index is 0.122. The molecule has 42 heavy (non-hydrogen) atoms. The van der Waals surface area contributed by atoms with Crippen LogP contribution in [0.2, 0.25) is 0 Å². The number of likely N-dealkylation sites (tertiary alicyclic amines) is 1. The Hall–Kier alpha value is -3.88. The van der Waals surface area contributed by atoms with Gasteiger partial charge in [0, 0.05) is 32.3 Å². The number of hydrogen-bond acceptors (Lipinski definition) is 9. The van der Waals surface area contributed by atoms with Crippen LogP contribution >= 0.6 is 11.3 Å². The minimum atomic E-state index is -0.876. The normalized spacial score (nSPS) is 15.1. The monoisotopic (exact) mass is 602 g/mol. The highest BCUT2D eigenvalue weighted by Crippen LogP contribution is 2.31. The summed E-state index contributed by atoms with van der Waals surface area (Å²) in [5, 5.41) is 17.3. The lowest BCUT2D eigenvalue weighted by Gasteiger charge is -2.32. The Morgan fingerprint density at radius 1 is 1.17 bits per heavy atom. The SMILES string of the molecule is CCN1CCCC(n2c(=O)c3c(C)c(-n4nccn4)sc3n(CCc3cc(F)ccc3OC)c2=O)C1=O.COCCO. The third-order valence-electron chi connectivity index (χ3n) is 7.16. The van der Waals surface area contributed by atoms with E-state index in [4.69, 9.17) is 9.84 Å². The number of benzene rings is 1. The molecule has 5 rings (SSSR count). The topological polar surface area (TPSA) is 134 Å². The van der Waals surface area contributed by atoms with Crippen molar-refractivity contribution >= 4 is 27.5 Å². The molecule has 0 saturated carbocycles. The molecule has 4 heterocycles. The quantitative estimate of drug-likeness (QED) is 0.309. The molecule has 0 aliphatic carbocycles. The first-order valence-electron chi connectivity index (χ1n) is 13.6. The van der Waals surface area contributed by atoms with Crippen LogP contribution in [0.4, 0.5) is 4.39 Å². The molecule has 0 bridgehead atoms. The van der Waals surface area contributed by atoms with Gasteiger partial charge in [-0.1, -0.05) is 11.3 Å². The number of aliphatic hydroxyl groups excluding tert-OH is 1. The van der Waals surface area contributed by atoms with E-state index >= 15 is 0 Å². The standard InChI is InChI=1S/C25H27FN6O4S.C3H8O2/c1-4-29-12-5-6-18(21(29)33)31-22(34)20-15(2)23(32-27-10-11-28-32)37-24(20)30(25(31)35)13-9-16-14-17(26)7-8-19(16)36-3;1-5-3-2-4/h7-8,10-11,14,18H,4-6,9,12-13H2,1-3H3;4H,2-3H2,1H3. The van der Waals surface area contributed by atoms with E-state index < -0.39 is 23.1 Å². The highest BCUT2D eigenvalue weighted by Gasteiger charge is 2.33. The van der Waals surface area contributed by atoms with E-state index in [0.29, 0.717) is 64.6 Å². The zero-order valence-electron chi connectivity index (χ0n) is 24.1. The number of methoxy groups -OCH3 is 2. The number of halogens is 1. The van der Waals surface area contributed by atoms with Crippen molar-refractivity contribution in [3.05, 3.63) is 68.4 Å². The summed E-state index contributed by atoms with van der Waals surface area (Å²) in [6, 6.07) is 3.35. The number of piperidine rings is 1. The van der Waals surface area contributed by atoms with Crippen LogP contribution in [0.1, 0.15) is 36.9 Å². The van der Waals surface area contributed by atoms with Crippen LogP contribution in [0.15, 0.2) is 40.2 Å². The van der Waals surface area contributed by atoms with Gasteiger partial charge in [0.15, 0.2) is 0 Å². The Bertz CT molecular complexity index is 1650. The van der Waals surface area contributed by atoms with Crippen LogP contribution in [0.25, 0.3) is 15.2 Å². The van der Waals surface area contributed by atoms with Gasteiger partial charge in [0.25, 0.3) is 5.56 Å². The van der Waals surface area contributed by atoms with Crippen LogP contribution in [0.3, 0.4) is 0 Å². The Morgan fingerprint density at radius 2 is 1.90 bits per heavy atom. The summed E-state index contributed by atoms with van der Waals surface area (Å²) in [5.74, 6) is -0.138. The molecule has 1 aromatic carbocycles. The fraction of sp³-hybridized carbons (Fsp3) is 0.464. The number of fused-ring (bicyclic) bond motifs is 1. The van der Waals surface area contributed by atoms with Crippen molar-refractivity contribution in [1.82, 2.24) is 29.0 Å². The third-order valence-corrected chi connectivity index (χ3v) is 8.44. The average molecular weight is 603 g/mol. The van der Waals surface area contributed by atoms with Gasteiger partial charge in [0.2, 0.25) is 5.91 Å². The van der Waals surface area contributed by atoms with Crippen LogP contribution in [0.5, 0.6) is 5.75 Å². The number of carbonyl (C=O) groups is 1. The van der Waals surface area contributed by atoms with Crippen molar-refractivity contribution in [3.63, 3.8) is 0 Å². The molecule has 1 N–H and O–H groups in total. The number of carbonyl (C=O) groups excluding carboxylic acids is 1. The molecule has 4 aromatic rings. The first kappa shape index (κ1) is 31.1. The predicted octanol–water partition coefficient (Wildman–Crippen LogP) is 2.31. The van der Waals surface area contributed by atoms with Gasteiger partial charge in [-0.2, -0.15) is 10.2 Å². The maximum atomic E-state index is 14.0. The lowest BCUT2D eigenvalue weighted by molar-refractivity contribution is -0.137. The van der Waals surface area contributed by atoms with Crippen LogP contribution in [-0.2, 0) is 22.5 Å². The molecule has 3 aromatic heterocycles. The number of aliphatic hydroxyl groups is 1. The molecule has 0 spiro atoms. The van der Waals surface area contributed by atoms with Gasteiger partial charge >= 0.3 is 5.69 Å². The number of nitrogens with zero attached hydrogens (tertiary/aromatic N) is 6. The van der Waals surface area contributed by atoms with Crippen molar-refractivity contribution in [1.29, 1.82) is 0 Å². The van der Waals surface area contributed by atoms with Gasteiger partial charge in [-0.3, -0.25) is 14.2 Å². The number of thiophene rings is 1. The lowest BCUT2D eigenvalue weighted by atomic mass is 10.0. The minimum Gasteiger partial charge on any atom is -0.496 e. The van der Waals surface area contributed by atoms with Gasteiger partial charge < -0.3 is 19.5 Å². The summed E-state index contributed by atoms with van der Waals surface area (Å²) < 4.78 is 26.4. The van der Waals surface area contributed by atoms with Crippen molar-refractivity contribution in [3.8, 4) is 10.8 Å². The van der Waals surface area contributed by atoms with E-state index in [9.17, 15) is 18.8 Å². The number of likely N-dealkylation sites (N-methyl/N-ethyl adjacent to an activating group) is 1. The summed E-state index contributed by atoms with van der Waals surface area (Å²) in [6.45, 7) is 5.49. The lowest BCUT2D eigenvalue weighted by Crippen LogP contribution is -2.50. The van der Waals surface area contributed by atoms with Gasteiger partial charge in [0.1, 0.15) is 27.4 Å². The Labute approximate surface area is 245 Å². The zero-order chi connectivity index (χ0) is 30.4. The number of aromatic nitrogens is 5. The van der Waals surface area contributed by atoms with Crippen LogP contribution < -0.4 is 16.0 Å². The summed E-state index contributed by atoms with van der Waals surface area (Å²) in [6.07, 6.45) is 4.45. The van der Waals surface area contributed by atoms with Crippen molar-refractivity contribution in [2.45, 2.75) is 45.7 Å². The highest BCUT2D eigenvalue weighted by atomic mass is 32.1. The van der Waals surface area contributed by atoms with Gasteiger partial charge in [-0.25, -0.2) is 13.8 Å². The molecule has 12 nitrogen and oxygen atoms in total. The van der Waals surface area contributed by atoms with E-state index in [1.54, 1.807) is 25.0 Å². The first-order chi connectivity index (χ1) is 20.3. The molecule has 14 heteroatoms. The second-order valence-corrected chi connectivity index (χ2v) is 10.6. The van der Waals surface area contributed by atoms with E-state index in [2.05, 4.69) is 14.9 Å². The summed E-state index contributed by atoms with van der Waals surface area (Å²) >= 11 is 1.23. The third kappa shape index (κ3) is 6.15. The molecule has 1 atom stereocenters. The fourth-order valence-electron chi connectivity index (χ4n) is 5.08. The smallest absolute Gasteiger partial charge is 0.332 e. The van der Waals surface area contributed by atoms with Crippen molar-refractivity contribution in [2.75, 3.05) is 40.5 Å². The molecule has 1 amide bonds. The van der Waals surface area contributed by atoms with E-state index in [1.807, 2.05) is 6.92 Å². The number of aryl methyl sites for hydroxylation is 3. The molecule has 226 valence electrons. The number of hydrogen-bond donors (Lipinski definition) is 1. The molecular weight excluding hydrogens is 567 g/mol. The number of amides is 1. The van der Waals surface area contributed by atoms with Gasteiger partial charge in [-0.15, -0.1) is 4.80 Å².